The zero-order valence-electron chi connectivity index (χ0n) is 39.4. The SMILES string of the molecule is CC1(C)c2ccccc2-c2ccc(-c3cc(-c4cc(-n5c6ccccc6c6cc(-c7ccccc7)ccc65)cc(-n5c6ccccc6c6cc(-c7ccccc7)ccc65)c4)nc(-c4ccccc4)n3)cc21. The minimum absolute atomic E-state index is 0.155. The first-order chi connectivity index (χ1) is 34.9. The number of fused-ring (bicyclic) bond motifs is 9. The number of aromatic nitrogens is 4. The average Bonchev–Trinajstić information content (AvgIpc) is 4.03. The molecule has 0 fully saturated rings. The molecule has 0 radical (unpaired) electrons. The number of hydrogen-bond donors (Lipinski definition) is 0. The summed E-state index contributed by atoms with van der Waals surface area (Å²) in [5.74, 6) is 0.684. The number of nitrogens with zero attached hydrogens (tertiary/aromatic N) is 4. The Morgan fingerprint density at radius 3 is 1.32 bits per heavy atom. The molecule has 0 amide bonds. The predicted molar refractivity (Wildman–Crippen MR) is 295 cm³/mol. The average molecular weight is 907 g/mol. The van der Waals surface area contributed by atoms with E-state index in [0.29, 0.717) is 5.82 Å². The van der Waals surface area contributed by atoms with Crippen LogP contribution in [-0.2, 0) is 5.41 Å². The molecule has 0 spiro atoms. The molecule has 0 N–H and O–H groups in total. The van der Waals surface area contributed by atoms with Crippen molar-refractivity contribution >= 4 is 43.6 Å². The van der Waals surface area contributed by atoms with Gasteiger partial charge in [0.1, 0.15) is 0 Å². The Hall–Kier alpha value is -9.12. The molecular formula is C67H46N4. The lowest BCUT2D eigenvalue weighted by Gasteiger charge is -2.22. The molecule has 334 valence electrons. The molecule has 3 heterocycles. The molecule has 71 heavy (non-hydrogen) atoms. The molecule has 0 saturated carbocycles. The zero-order valence-corrected chi connectivity index (χ0v) is 39.4. The van der Waals surface area contributed by atoms with Crippen LogP contribution in [0.5, 0.6) is 0 Å². The van der Waals surface area contributed by atoms with Crippen LogP contribution in [0.3, 0.4) is 0 Å². The van der Waals surface area contributed by atoms with Crippen molar-refractivity contribution in [3.63, 3.8) is 0 Å². The molecular weight excluding hydrogens is 861 g/mol. The summed E-state index contributed by atoms with van der Waals surface area (Å²) in [6.45, 7) is 4.67. The van der Waals surface area contributed by atoms with E-state index in [4.69, 9.17) is 9.97 Å². The fourth-order valence-electron chi connectivity index (χ4n) is 11.4. The monoisotopic (exact) mass is 906 g/mol. The van der Waals surface area contributed by atoms with E-state index in [1.165, 1.54) is 66.1 Å². The first-order valence-corrected chi connectivity index (χ1v) is 24.5. The van der Waals surface area contributed by atoms with Crippen LogP contribution in [0.15, 0.2) is 243 Å². The number of para-hydroxylation sites is 2. The van der Waals surface area contributed by atoms with Gasteiger partial charge in [0.15, 0.2) is 5.82 Å². The molecule has 0 aliphatic heterocycles. The van der Waals surface area contributed by atoms with Crippen LogP contribution >= 0.6 is 0 Å². The van der Waals surface area contributed by atoms with E-state index >= 15 is 0 Å². The van der Waals surface area contributed by atoms with E-state index in [9.17, 15) is 0 Å². The normalized spacial score (nSPS) is 12.8. The molecule has 14 rings (SSSR count). The van der Waals surface area contributed by atoms with Gasteiger partial charge in [0.05, 0.1) is 33.5 Å². The molecule has 1 aliphatic rings. The topological polar surface area (TPSA) is 35.6 Å². The van der Waals surface area contributed by atoms with E-state index < -0.39 is 0 Å². The Balaban J connectivity index is 1.04. The minimum Gasteiger partial charge on any atom is -0.309 e. The van der Waals surface area contributed by atoms with Gasteiger partial charge in [-0.15, -0.1) is 0 Å². The van der Waals surface area contributed by atoms with Gasteiger partial charge in [-0.25, -0.2) is 9.97 Å². The standard InChI is InChI=1S/C67H46N4/c1-67(2)58-27-15-12-24-52(58)53-33-30-48(40-59(53)67)60-42-61(69-66(68-60)45-22-10-5-11-23-45)49-36-50(70-62-28-16-13-25-54(62)56-38-46(31-34-64(56)70)43-18-6-3-7-19-43)41-51(37-49)71-63-29-17-14-26-55(63)57-39-47(32-35-65(57)71)44-20-8-4-9-21-44/h3-42H,1-2H3. The predicted octanol–water partition coefficient (Wildman–Crippen LogP) is 17.3. The lowest BCUT2D eigenvalue weighted by Crippen LogP contribution is -2.14. The van der Waals surface area contributed by atoms with E-state index in [1.54, 1.807) is 0 Å². The number of rotatable bonds is 7. The van der Waals surface area contributed by atoms with Gasteiger partial charge in [0.2, 0.25) is 0 Å². The Kier molecular flexibility index (Phi) is 9.21. The van der Waals surface area contributed by atoms with Crippen molar-refractivity contribution < 1.29 is 0 Å². The van der Waals surface area contributed by atoms with Crippen molar-refractivity contribution in [1.29, 1.82) is 0 Å². The van der Waals surface area contributed by atoms with E-state index in [0.717, 1.165) is 61.5 Å². The first-order valence-electron chi connectivity index (χ1n) is 24.5. The molecule has 4 nitrogen and oxygen atoms in total. The van der Waals surface area contributed by atoms with Crippen LogP contribution in [0.1, 0.15) is 25.0 Å². The second-order valence-electron chi connectivity index (χ2n) is 19.4. The Morgan fingerprint density at radius 1 is 0.296 bits per heavy atom. The summed E-state index contributed by atoms with van der Waals surface area (Å²) >= 11 is 0. The molecule has 0 atom stereocenters. The van der Waals surface area contributed by atoms with Crippen molar-refractivity contribution in [2.24, 2.45) is 0 Å². The maximum absolute atomic E-state index is 5.49. The van der Waals surface area contributed by atoms with Gasteiger partial charge >= 0.3 is 0 Å². The quantitative estimate of drug-likeness (QED) is 0.160. The summed E-state index contributed by atoms with van der Waals surface area (Å²) in [5, 5.41) is 4.82. The lowest BCUT2D eigenvalue weighted by molar-refractivity contribution is 0.660. The molecule has 3 aromatic heterocycles. The van der Waals surface area contributed by atoms with Gasteiger partial charge in [-0.3, -0.25) is 0 Å². The summed E-state index contributed by atoms with van der Waals surface area (Å²) in [6.07, 6.45) is 0. The number of hydrogen-bond acceptors (Lipinski definition) is 2. The van der Waals surface area contributed by atoms with Gasteiger partial charge in [0.25, 0.3) is 0 Å². The van der Waals surface area contributed by atoms with E-state index in [1.807, 2.05) is 6.07 Å². The van der Waals surface area contributed by atoms with Crippen LogP contribution in [-0.4, -0.2) is 19.1 Å². The highest BCUT2D eigenvalue weighted by Gasteiger charge is 2.35. The third-order valence-electron chi connectivity index (χ3n) is 14.9. The molecule has 0 bridgehead atoms. The molecule has 13 aromatic rings. The summed E-state index contributed by atoms with van der Waals surface area (Å²) in [6, 6.07) is 88.1. The molecule has 0 saturated heterocycles. The maximum Gasteiger partial charge on any atom is 0.160 e. The smallest absolute Gasteiger partial charge is 0.160 e. The highest BCUT2D eigenvalue weighted by atomic mass is 15.0. The second kappa shape index (κ2) is 16.0. The van der Waals surface area contributed by atoms with Gasteiger partial charge in [-0.05, 0) is 111 Å². The third kappa shape index (κ3) is 6.60. The molecule has 1 aliphatic carbocycles. The maximum atomic E-state index is 5.49. The minimum atomic E-state index is -0.155. The second-order valence-corrected chi connectivity index (χ2v) is 19.4. The van der Waals surface area contributed by atoms with Crippen molar-refractivity contribution in [3.8, 4) is 78.7 Å². The summed E-state index contributed by atoms with van der Waals surface area (Å²) in [7, 11) is 0. The summed E-state index contributed by atoms with van der Waals surface area (Å²) in [5.41, 5.74) is 21.3. The summed E-state index contributed by atoms with van der Waals surface area (Å²) in [4.78, 5) is 10.9. The van der Waals surface area contributed by atoms with Gasteiger partial charge in [-0.2, -0.15) is 0 Å². The third-order valence-corrected chi connectivity index (χ3v) is 14.9. The van der Waals surface area contributed by atoms with E-state index in [-0.39, 0.29) is 5.41 Å². The van der Waals surface area contributed by atoms with Crippen LogP contribution < -0.4 is 0 Å². The summed E-state index contributed by atoms with van der Waals surface area (Å²) < 4.78 is 4.88. The number of benzene rings is 10. The fourth-order valence-corrected chi connectivity index (χ4v) is 11.4. The Labute approximate surface area is 412 Å². The van der Waals surface area contributed by atoms with Crippen LogP contribution in [0.2, 0.25) is 0 Å². The van der Waals surface area contributed by atoms with Crippen LogP contribution in [0.25, 0.3) is 122 Å². The first kappa shape index (κ1) is 40.9. The van der Waals surface area contributed by atoms with Crippen LogP contribution in [0, 0.1) is 0 Å². The fraction of sp³-hybridized carbons (Fsp3) is 0.0448. The Morgan fingerprint density at radius 2 is 0.746 bits per heavy atom. The van der Waals surface area contributed by atoms with Crippen LogP contribution in [0.4, 0.5) is 0 Å². The van der Waals surface area contributed by atoms with Gasteiger partial charge in [-0.1, -0.05) is 190 Å². The highest BCUT2D eigenvalue weighted by Crippen LogP contribution is 2.50. The molecule has 4 heteroatoms. The Bertz CT molecular complexity index is 4060. The highest BCUT2D eigenvalue weighted by molar-refractivity contribution is 6.12. The van der Waals surface area contributed by atoms with Crippen molar-refractivity contribution in [3.05, 3.63) is 254 Å². The van der Waals surface area contributed by atoms with Gasteiger partial charge in [0, 0.05) is 55.0 Å². The van der Waals surface area contributed by atoms with Crippen molar-refractivity contribution in [1.82, 2.24) is 19.1 Å². The van der Waals surface area contributed by atoms with Crippen molar-refractivity contribution in [2.45, 2.75) is 19.3 Å². The zero-order chi connectivity index (χ0) is 47.2. The molecule has 10 aromatic carbocycles. The molecule has 0 unspecified atom stereocenters. The van der Waals surface area contributed by atoms with E-state index in [2.05, 4.69) is 260 Å². The lowest BCUT2D eigenvalue weighted by atomic mass is 9.82. The van der Waals surface area contributed by atoms with Crippen molar-refractivity contribution in [2.75, 3.05) is 0 Å². The van der Waals surface area contributed by atoms with Gasteiger partial charge < -0.3 is 9.13 Å². The largest absolute Gasteiger partial charge is 0.309 e.